The Labute approximate surface area is 146 Å². The van der Waals surface area contributed by atoms with Crippen molar-refractivity contribution in [3.05, 3.63) is 81.2 Å². The number of hydrogen-bond acceptors (Lipinski definition) is 3. The molecule has 0 unspecified atom stereocenters. The van der Waals surface area contributed by atoms with Gasteiger partial charge in [-0.15, -0.1) is 0 Å². The molecule has 0 bridgehead atoms. The summed E-state index contributed by atoms with van der Waals surface area (Å²) in [5, 5.41) is 3.75. The van der Waals surface area contributed by atoms with Crippen molar-refractivity contribution in [2.45, 2.75) is 33.2 Å². The van der Waals surface area contributed by atoms with Gasteiger partial charge in [0.25, 0.3) is 5.91 Å². The van der Waals surface area contributed by atoms with Crippen LogP contribution in [0.2, 0.25) is 0 Å². The van der Waals surface area contributed by atoms with E-state index in [1.807, 2.05) is 43.3 Å². The lowest BCUT2D eigenvalue weighted by atomic mass is 9.99. The first-order valence-corrected chi connectivity index (χ1v) is 8.35. The van der Waals surface area contributed by atoms with E-state index in [1.165, 1.54) is 6.07 Å². The second kappa shape index (κ2) is 6.93. The first kappa shape index (κ1) is 17.0. The van der Waals surface area contributed by atoms with Gasteiger partial charge >= 0.3 is 5.63 Å². The largest absolute Gasteiger partial charge is 0.423 e. The van der Waals surface area contributed by atoms with Gasteiger partial charge in [0.05, 0.1) is 0 Å². The number of nitrogens with one attached hydrogen (secondary N) is 1. The van der Waals surface area contributed by atoms with Gasteiger partial charge in [0, 0.05) is 23.6 Å². The average Bonchev–Trinajstić information content (AvgIpc) is 2.58. The fourth-order valence-corrected chi connectivity index (χ4v) is 2.81. The summed E-state index contributed by atoms with van der Waals surface area (Å²) in [6.45, 7) is 6.44. The van der Waals surface area contributed by atoms with Crippen molar-refractivity contribution in [1.82, 2.24) is 5.32 Å². The molecule has 0 aliphatic heterocycles. The zero-order chi connectivity index (χ0) is 18.0. The summed E-state index contributed by atoms with van der Waals surface area (Å²) in [4.78, 5) is 24.2. The molecule has 1 aromatic heterocycles. The van der Waals surface area contributed by atoms with E-state index >= 15 is 0 Å². The van der Waals surface area contributed by atoms with Gasteiger partial charge in [-0.3, -0.25) is 4.79 Å². The number of rotatable bonds is 4. The molecular weight excluding hydrogens is 314 g/mol. The maximum absolute atomic E-state index is 12.4. The summed E-state index contributed by atoms with van der Waals surface area (Å²) in [6, 6.07) is 14.7. The third-order valence-corrected chi connectivity index (χ3v) is 4.24. The van der Waals surface area contributed by atoms with Crippen LogP contribution in [0, 0.1) is 6.92 Å². The van der Waals surface area contributed by atoms with E-state index in [2.05, 4.69) is 19.2 Å². The van der Waals surface area contributed by atoms with Crippen LogP contribution in [0.25, 0.3) is 11.0 Å². The summed E-state index contributed by atoms with van der Waals surface area (Å²) in [5.41, 5.74) is 3.68. The van der Waals surface area contributed by atoms with Crippen molar-refractivity contribution in [2.24, 2.45) is 0 Å². The number of carbonyl (C=O) groups is 1. The standard InChI is InChI=1S/C21H21NO3/c1-13(2)15-7-8-19-18(10-15)17(11-20(23)25-19)12-22-21(24)16-6-4-5-14(3)9-16/h4-11,13H,12H2,1-3H3,(H,22,24). The van der Waals surface area contributed by atoms with Gasteiger partial charge in [-0.2, -0.15) is 0 Å². The molecule has 0 fully saturated rings. The number of benzene rings is 2. The Hall–Kier alpha value is -2.88. The summed E-state index contributed by atoms with van der Waals surface area (Å²) in [7, 11) is 0. The lowest BCUT2D eigenvalue weighted by Gasteiger charge is -2.11. The van der Waals surface area contributed by atoms with Crippen LogP contribution in [0.5, 0.6) is 0 Å². The van der Waals surface area contributed by atoms with Crippen molar-refractivity contribution in [3.63, 3.8) is 0 Å². The Balaban J connectivity index is 1.91. The normalized spacial score (nSPS) is 11.0. The van der Waals surface area contributed by atoms with Crippen LogP contribution >= 0.6 is 0 Å². The summed E-state index contributed by atoms with van der Waals surface area (Å²) in [5.74, 6) is 0.205. The van der Waals surface area contributed by atoms with Gasteiger partial charge in [0.1, 0.15) is 5.58 Å². The summed E-state index contributed by atoms with van der Waals surface area (Å²) < 4.78 is 5.28. The van der Waals surface area contributed by atoms with Crippen molar-refractivity contribution in [1.29, 1.82) is 0 Å². The topological polar surface area (TPSA) is 59.3 Å². The highest BCUT2D eigenvalue weighted by Gasteiger charge is 2.11. The van der Waals surface area contributed by atoms with Crippen LogP contribution in [-0.2, 0) is 6.54 Å². The van der Waals surface area contributed by atoms with E-state index in [0.717, 1.165) is 22.1 Å². The number of fused-ring (bicyclic) bond motifs is 1. The van der Waals surface area contributed by atoms with E-state index in [4.69, 9.17) is 4.42 Å². The van der Waals surface area contributed by atoms with E-state index in [0.29, 0.717) is 17.1 Å². The molecule has 25 heavy (non-hydrogen) atoms. The lowest BCUT2D eigenvalue weighted by molar-refractivity contribution is 0.0951. The molecule has 4 heteroatoms. The molecule has 1 amide bonds. The quantitative estimate of drug-likeness (QED) is 0.729. The van der Waals surface area contributed by atoms with E-state index in [9.17, 15) is 9.59 Å². The minimum absolute atomic E-state index is 0.162. The maximum atomic E-state index is 12.4. The minimum atomic E-state index is -0.412. The van der Waals surface area contributed by atoms with Crippen molar-refractivity contribution >= 4 is 16.9 Å². The molecule has 0 saturated carbocycles. The van der Waals surface area contributed by atoms with Crippen LogP contribution in [0.4, 0.5) is 0 Å². The Morgan fingerprint density at radius 2 is 1.92 bits per heavy atom. The van der Waals surface area contributed by atoms with Crippen LogP contribution in [0.15, 0.2) is 57.7 Å². The molecule has 1 heterocycles. The SMILES string of the molecule is Cc1cccc(C(=O)NCc2cc(=O)oc3ccc(C(C)C)cc23)c1. The second-order valence-corrected chi connectivity index (χ2v) is 6.55. The Kier molecular flexibility index (Phi) is 4.70. The molecule has 2 aromatic carbocycles. The molecule has 0 spiro atoms. The van der Waals surface area contributed by atoms with Crippen LogP contribution in [-0.4, -0.2) is 5.91 Å². The van der Waals surface area contributed by atoms with Crippen molar-refractivity contribution in [3.8, 4) is 0 Å². The highest BCUT2D eigenvalue weighted by molar-refractivity contribution is 5.94. The summed E-state index contributed by atoms with van der Waals surface area (Å²) >= 11 is 0. The zero-order valence-electron chi connectivity index (χ0n) is 14.6. The highest BCUT2D eigenvalue weighted by atomic mass is 16.4. The molecule has 0 aliphatic rings. The number of aryl methyl sites for hydroxylation is 1. The molecule has 1 N–H and O–H groups in total. The van der Waals surface area contributed by atoms with Crippen LogP contribution < -0.4 is 10.9 Å². The molecule has 0 saturated heterocycles. The predicted octanol–water partition coefficient (Wildman–Crippen LogP) is 4.15. The van der Waals surface area contributed by atoms with Gasteiger partial charge in [0.15, 0.2) is 0 Å². The maximum Gasteiger partial charge on any atom is 0.336 e. The molecule has 4 nitrogen and oxygen atoms in total. The third-order valence-electron chi connectivity index (χ3n) is 4.24. The molecule has 128 valence electrons. The summed E-state index contributed by atoms with van der Waals surface area (Å²) in [6.07, 6.45) is 0. The molecular formula is C21H21NO3. The van der Waals surface area contributed by atoms with Gasteiger partial charge in [-0.25, -0.2) is 4.79 Å². The molecule has 0 aliphatic carbocycles. The van der Waals surface area contributed by atoms with Gasteiger partial charge < -0.3 is 9.73 Å². The van der Waals surface area contributed by atoms with E-state index < -0.39 is 5.63 Å². The van der Waals surface area contributed by atoms with Crippen molar-refractivity contribution < 1.29 is 9.21 Å². The van der Waals surface area contributed by atoms with Crippen LogP contribution in [0.3, 0.4) is 0 Å². The predicted molar refractivity (Wildman–Crippen MR) is 98.9 cm³/mol. The minimum Gasteiger partial charge on any atom is -0.423 e. The molecule has 0 atom stereocenters. The fraction of sp³-hybridized carbons (Fsp3) is 0.238. The number of hydrogen-bond donors (Lipinski definition) is 1. The Morgan fingerprint density at radius 1 is 1.12 bits per heavy atom. The zero-order valence-corrected chi connectivity index (χ0v) is 14.6. The Bertz CT molecular complexity index is 986. The first-order chi connectivity index (χ1) is 11.9. The smallest absolute Gasteiger partial charge is 0.336 e. The first-order valence-electron chi connectivity index (χ1n) is 8.35. The van der Waals surface area contributed by atoms with Gasteiger partial charge in [-0.1, -0.05) is 37.6 Å². The van der Waals surface area contributed by atoms with E-state index in [1.54, 1.807) is 6.07 Å². The Morgan fingerprint density at radius 3 is 2.64 bits per heavy atom. The molecule has 3 rings (SSSR count). The van der Waals surface area contributed by atoms with Gasteiger partial charge in [0.2, 0.25) is 0 Å². The fourth-order valence-electron chi connectivity index (χ4n) is 2.81. The number of amides is 1. The monoisotopic (exact) mass is 335 g/mol. The average molecular weight is 335 g/mol. The lowest BCUT2D eigenvalue weighted by Crippen LogP contribution is -2.23. The van der Waals surface area contributed by atoms with E-state index in [-0.39, 0.29) is 12.5 Å². The van der Waals surface area contributed by atoms with Crippen molar-refractivity contribution in [2.75, 3.05) is 0 Å². The highest BCUT2D eigenvalue weighted by Crippen LogP contribution is 2.23. The molecule has 3 aromatic rings. The van der Waals surface area contributed by atoms with Gasteiger partial charge in [-0.05, 0) is 48.2 Å². The van der Waals surface area contributed by atoms with Crippen LogP contribution in [0.1, 0.15) is 46.8 Å². The number of carbonyl (C=O) groups excluding carboxylic acids is 1. The second-order valence-electron chi connectivity index (χ2n) is 6.55. The molecule has 0 radical (unpaired) electrons. The third kappa shape index (κ3) is 3.79.